The highest BCUT2D eigenvalue weighted by molar-refractivity contribution is 5.99. The Bertz CT molecular complexity index is 387. The summed E-state index contributed by atoms with van der Waals surface area (Å²) in [5.74, 6) is -0.313. The number of carbonyl (C=O) groups excluding carboxylic acids is 1. The first-order valence-electron chi connectivity index (χ1n) is 5.05. The van der Waals surface area contributed by atoms with Crippen LogP contribution in [0.25, 0.3) is 0 Å². The highest BCUT2D eigenvalue weighted by atomic mass is 16.5. The summed E-state index contributed by atoms with van der Waals surface area (Å²) in [5.41, 5.74) is 2.45. The van der Waals surface area contributed by atoms with Crippen molar-refractivity contribution in [3.05, 3.63) is 23.8 Å². The van der Waals surface area contributed by atoms with Crippen molar-refractivity contribution >= 4 is 17.3 Å². The zero-order valence-electron chi connectivity index (χ0n) is 10.4. The predicted octanol–water partition coefficient (Wildman–Crippen LogP) is 1.61. The molecule has 0 aliphatic carbocycles. The van der Waals surface area contributed by atoms with Crippen LogP contribution in [0, 0.1) is 0 Å². The van der Waals surface area contributed by atoms with Crippen molar-refractivity contribution in [3.8, 4) is 0 Å². The maximum Gasteiger partial charge on any atom is 0.340 e. The lowest BCUT2D eigenvalue weighted by atomic mass is 10.1. The van der Waals surface area contributed by atoms with E-state index in [4.69, 9.17) is 4.74 Å². The first-order valence-corrected chi connectivity index (χ1v) is 5.05. The molecule has 0 N–H and O–H groups in total. The molecule has 0 saturated carbocycles. The predicted molar refractivity (Wildman–Crippen MR) is 66.4 cm³/mol. The number of esters is 1. The molecule has 1 aromatic carbocycles. The van der Waals surface area contributed by atoms with Gasteiger partial charge in [-0.2, -0.15) is 0 Å². The number of benzene rings is 1. The van der Waals surface area contributed by atoms with E-state index in [-0.39, 0.29) is 5.97 Å². The van der Waals surface area contributed by atoms with E-state index in [1.165, 1.54) is 7.11 Å². The Balaban J connectivity index is 3.38. The van der Waals surface area contributed by atoms with Gasteiger partial charge in [0.2, 0.25) is 0 Å². The summed E-state index contributed by atoms with van der Waals surface area (Å²) < 4.78 is 4.78. The summed E-state index contributed by atoms with van der Waals surface area (Å²) in [6, 6.07) is 5.60. The van der Waals surface area contributed by atoms with Crippen LogP contribution in [0.1, 0.15) is 10.4 Å². The largest absolute Gasteiger partial charge is 0.465 e. The SMILES string of the molecule is COC(=O)c1cccc(N(C)C)c1N(C)C. The van der Waals surface area contributed by atoms with Crippen molar-refractivity contribution in [2.45, 2.75) is 0 Å². The fourth-order valence-corrected chi connectivity index (χ4v) is 1.64. The number of anilines is 2. The zero-order chi connectivity index (χ0) is 12.3. The van der Waals surface area contributed by atoms with E-state index < -0.39 is 0 Å². The molecule has 0 fully saturated rings. The highest BCUT2D eigenvalue weighted by Gasteiger charge is 2.17. The van der Waals surface area contributed by atoms with E-state index in [0.29, 0.717) is 5.56 Å². The Morgan fingerprint density at radius 3 is 2.19 bits per heavy atom. The maximum atomic E-state index is 11.6. The van der Waals surface area contributed by atoms with Gasteiger partial charge in [-0.05, 0) is 12.1 Å². The number of ether oxygens (including phenoxy) is 1. The van der Waals surface area contributed by atoms with Crippen LogP contribution in [0.5, 0.6) is 0 Å². The second kappa shape index (κ2) is 4.88. The molecule has 16 heavy (non-hydrogen) atoms. The maximum absolute atomic E-state index is 11.6. The fourth-order valence-electron chi connectivity index (χ4n) is 1.64. The van der Waals surface area contributed by atoms with Gasteiger partial charge in [-0.3, -0.25) is 0 Å². The Morgan fingerprint density at radius 1 is 1.12 bits per heavy atom. The molecule has 88 valence electrons. The molecule has 1 aromatic rings. The van der Waals surface area contributed by atoms with Crippen LogP contribution < -0.4 is 9.80 Å². The van der Waals surface area contributed by atoms with Gasteiger partial charge in [-0.15, -0.1) is 0 Å². The smallest absolute Gasteiger partial charge is 0.340 e. The minimum atomic E-state index is -0.313. The van der Waals surface area contributed by atoms with E-state index in [0.717, 1.165) is 11.4 Å². The molecule has 1 rings (SSSR count). The van der Waals surface area contributed by atoms with Crippen LogP contribution >= 0.6 is 0 Å². The highest BCUT2D eigenvalue weighted by Crippen LogP contribution is 2.30. The Hall–Kier alpha value is -1.71. The van der Waals surface area contributed by atoms with Gasteiger partial charge in [0.25, 0.3) is 0 Å². The third-order valence-electron chi connectivity index (χ3n) is 2.35. The first kappa shape index (κ1) is 12.4. The summed E-state index contributed by atoms with van der Waals surface area (Å²) >= 11 is 0. The van der Waals surface area contributed by atoms with Crippen molar-refractivity contribution in [1.29, 1.82) is 0 Å². The third kappa shape index (κ3) is 2.27. The molecule has 4 nitrogen and oxygen atoms in total. The first-order chi connectivity index (χ1) is 7.49. The minimum absolute atomic E-state index is 0.313. The number of methoxy groups -OCH3 is 1. The average molecular weight is 222 g/mol. The number of hydrogen-bond acceptors (Lipinski definition) is 4. The molecule has 0 atom stereocenters. The molecule has 4 heteroatoms. The van der Waals surface area contributed by atoms with Gasteiger partial charge in [0.1, 0.15) is 0 Å². The van der Waals surface area contributed by atoms with Gasteiger partial charge < -0.3 is 14.5 Å². The summed E-state index contributed by atoms with van der Waals surface area (Å²) in [6.07, 6.45) is 0. The lowest BCUT2D eigenvalue weighted by molar-refractivity contribution is 0.0601. The molecular weight excluding hydrogens is 204 g/mol. The molecule has 0 radical (unpaired) electrons. The van der Waals surface area contributed by atoms with E-state index in [1.54, 1.807) is 6.07 Å². The Labute approximate surface area is 96.4 Å². The van der Waals surface area contributed by atoms with Crippen LogP contribution in [0.4, 0.5) is 11.4 Å². The number of hydrogen-bond donors (Lipinski definition) is 0. The standard InChI is InChI=1S/C12H18N2O2/c1-13(2)10-8-6-7-9(12(15)16-5)11(10)14(3)4/h6-8H,1-5H3. The number of para-hydroxylation sites is 1. The van der Waals surface area contributed by atoms with Gasteiger partial charge in [-0.25, -0.2) is 4.79 Å². The van der Waals surface area contributed by atoms with E-state index in [1.807, 2.05) is 50.1 Å². The van der Waals surface area contributed by atoms with Gasteiger partial charge in [-0.1, -0.05) is 6.07 Å². The molecule has 0 unspecified atom stereocenters. The zero-order valence-corrected chi connectivity index (χ0v) is 10.4. The molecule has 0 aliphatic rings. The van der Waals surface area contributed by atoms with E-state index in [9.17, 15) is 4.79 Å². The van der Waals surface area contributed by atoms with Crippen molar-refractivity contribution in [3.63, 3.8) is 0 Å². The molecular formula is C12H18N2O2. The number of rotatable bonds is 3. The second-order valence-electron chi connectivity index (χ2n) is 3.95. The molecule has 0 amide bonds. The Morgan fingerprint density at radius 2 is 1.75 bits per heavy atom. The normalized spacial score (nSPS) is 9.81. The van der Waals surface area contributed by atoms with Crippen molar-refractivity contribution in [1.82, 2.24) is 0 Å². The molecule has 0 heterocycles. The van der Waals surface area contributed by atoms with Crippen LogP contribution in [0.15, 0.2) is 18.2 Å². The summed E-state index contributed by atoms with van der Waals surface area (Å²) in [6.45, 7) is 0. The summed E-state index contributed by atoms with van der Waals surface area (Å²) in [5, 5.41) is 0. The number of carbonyl (C=O) groups is 1. The quantitative estimate of drug-likeness (QED) is 0.727. The van der Waals surface area contributed by atoms with Crippen LogP contribution in [-0.4, -0.2) is 41.3 Å². The van der Waals surface area contributed by atoms with Gasteiger partial charge >= 0.3 is 5.97 Å². The third-order valence-corrected chi connectivity index (χ3v) is 2.35. The fraction of sp³-hybridized carbons (Fsp3) is 0.417. The lowest BCUT2D eigenvalue weighted by Gasteiger charge is -2.24. The monoisotopic (exact) mass is 222 g/mol. The van der Waals surface area contributed by atoms with Gasteiger partial charge in [0.15, 0.2) is 0 Å². The Kier molecular flexibility index (Phi) is 3.77. The van der Waals surface area contributed by atoms with Crippen LogP contribution in [0.2, 0.25) is 0 Å². The molecule has 0 bridgehead atoms. The van der Waals surface area contributed by atoms with Crippen LogP contribution in [-0.2, 0) is 4.74 Å². The van der Waals surface area contributed by atoms with Crippen molar-refractivity contribution in [2.24, 2.45) is 0 Å². The molecule has 0 spiro atoms. The molecule has 0 aliphatic heterocycles. The van der Waals surface area contributed by atoms with Crippen LogP contribution in [0.3, 0.4) is 0 Å². The summed E-state index contributed by atoms with van der Waals surface area (Å²) in [7, 11) is 9.11. The van der Waals surface area contributed by atoms with Crippen molar-refractivity contribution in [2.75, 3.05) is 45.1 Å². The van der Waals surface area contributed by atoms with E-state index >= 15 is 0 Å². The van der Waals surface area contributed by atoms with Gasteiger partial charge in [0.05, 0.1) is 24.0 Å². The average Bonchev–Trinajstić information content (AvgIpc) is 2.26. The second-order valence-corrected chi connectivity index (χ2v) is 3.95. The summed E-state index contributed by atoms with van der Waals surface area (Å²) in [4.78, 5) is 15.5. The van der Waals surface area contributed by atoms with E-state index in [2.05, 4.69) is 0 Å². The number of nitrogens with zero attached hydrogens (tertiary/aromatic N) is 2. The van der Waals surface area contributed by atoms with Crippen molar-refractivity contribution < 1.29 is 9.53 Å². The molecule has 0 saturated heterocycles. The minimum Gasteiger partial charge on any atom is -0.465 e. The topological polar surface area (TPSA) is 32.8 Å². The molecule has 0 aromatic heterocycles. The van der Waals surface area contributed by atoms with Gasteiger partial charge in [0, 0.05) is 28.2 Å². The lowest BCUT2D eigenvalue weighted by Crippen LogP contribution is -2.20.